The van der Waals surface area contributed by atoms with Crippen molar-refractivity contribution in [3.63, 3.8) is 0 Å². The molecule has 0 aliphatic heterocycles. The van der Waals surface area contributed by atoms with Crippen molar-refractivity contribution in [3.8, 4) is 0 Å². The Hall–Kier alpha value is -2.52. The van der Waals surface area contributed by atoms with Crippen LogP contribution >= 0.6 is 0 Å². The van der Waals surface area contributed by atoms with Gasteiger partial charge in [0.2, 0.25) is 11.8 Å². The van der Waals surface area contributed by atoms with Gasteiger partial charge in [-0.1, -0.05) is 0 Å². The van der Waals surface area contributed by atoms with Gasteiger partial charge in [-0.3, -0.25) is 19.7 Å². The van der Waals surface area contributed by atoms with Crippen molar-refractivity contribution in [2.45, 2.75) is 52.7 Å². The molecule has 0 fully saturated rings. The van der Waals surface area contributed by atoms with Crippen LogP contribution in [0.15, 0.2) is 18.2 Å². The molecule has 0 saturated carbocycles. The lowest BCUT2D eigenvalue weighted by Crippen LogP contribution is -2.27. The molecule has 1 aromatic carbocycles. The smallest absolute Gasteiger partial charge is 0.273 e. The van der Waals surface area contributed by atoms with E-state index in [0.717, 1.165) is 0 Å². The fraction of sp³-hybridized carbons (Fsp3) is 0.556. The molecular weight excluding hydrogens is 354 g/mol. The first kappa shape index (κ1) is 22.5. The molecule has 0 saturated heterocycles. The van der Waals surface area contributed by atoms with Crippen LogP contribution in [0.2, 0.25) is 0 Å². The number of nitrogens with one attached hydrogen (secondary N) is 2. The predicted octanol–water partition coefficient (Wildman–Crippen LogP) is 3.10. The number of anilines is 2. The fourth-order valence-corrected chi connectivity index (χ4v) is 1.82. The lowest BCUT2D eigenvalue weighted by molar-refractivity contribution is -0.384. The Morgan fingerprint density at radius 2 is 1.26 bits per heavy atom. The van der Waals surface area contributed by atoms with Gasteiger partial charge in [0, 0.05) is 23.5 Å². The third kappa shape index (κ3) is 9.66. The molecule has 0 unspecified atom stereocenters. The number of hydrogen-bond acceptors (Lipinski definition) is 6. The van der Waals surface area contributed by atoms with Crippen molar-refractivity contribution < 1.29 is 24.0 Å². The van der Waals surface area contributed by atoms with E-state index in [9.17, 15) is 19.7 Å². The maximum atomic E-state index is 12.0. The quantitative estimate of drug-likeness (QED) is 0.553. The molecule has 0 aliphatic carbocycles. The van der Waals surface area contributed by atoms with E-state index in [2.05, 4.69) is 10.6 Å². The van der Waals surface area contributed by atoms with Gasteiger partial charge in [0.1, 0.15) is 13.2 Å². The number of hydrogen-bond donors (Lipinski definition) is 2. The van der Waals surface area contributed by atoms with Crippen LogP contribution in [-0.4, -0.2) is 41.2 Å². The maximum absolute atomic E-state index is 12.0. The van der Waals surface area contributed by atoms with Crippen LogP contribution in [0.4, 0.5) is 17.1 Å². The highest BCUT2D eigenvalue weighted by Crippen LogP contribution is 2.24. The number of carbonyl (C=O) groups excluding carboxylic acids is 2. The second kappa shape index (κ2) is 8.92. The second-order valence-corrected chi connectivity index (χ2v) is 7.92. The van der Waals surface area contributed by atoms with Gasteiger partial charge in [-0.2, -0.15) is 0 Å². The Kier molecular flexibility index (Phi) is 7.44. The number of amides is 2. The highest BCUT2D eigenvalue weighted by Gasteiger charge is 2.17. The molecule has 0 aromatic heterocycles. The van der Waals surface area contributed by atoms with E-state index < -0.39 is 27.9 Å². The van der Waals surface area contributed by atoms with Crippen LogP contribution < -0.4 is 10.6 Å². The molecule has 9 heteroatoms. The van der Waals surface area contributed by atoms with E-state index in [0.29, 0.717) is 0 Å². The minimum Gasteiger partial charge on any atom is -0.366 e. The largest absolute Gasteiger partial charge is 0.366 e. The summed E-state index contributed by atoms with van der Waals surface area (Å²) in [5.74, 6) is -0.919. The summed E-state index contributed by atoms with van der Waals surface area (Å²) in [6.45, 7) is 10.4. The molecule has 27 heavy (non-hydrogen) atoms. The van der Waals surface area contributed by atoms with E-state index in [1.165, 1.54) is 18.2 Å². The minimum absolute atomic E-state index is 0.179. The van der Waals surface area contributed by atoms with Crippen LogP contribution in [0.3, 0.4) is 0 Å². The van der Waals surface area contributed by atoms with Crippen molar-refractivity contribution in [1.29, 1.82) is 0 Å². The van der Waals surface area contributed by atoms with Crippen molar-refractivity contribution in [3.05, 3.63) is 28.3 Å². The monoisotopic (exact) mass is 381 g/mol. The van der Waals surface area contributed by atoms with Crippen LogP contribution in [0.5, 0.6) is 0 Å². The molecule has 1 rings (SSSR count). The molecule has 150 valence electrons. The Morgan fingerprint density at radius 1 is 0.889 bits per heavy atom. The Balaban J connectivity index is 2.86. The van der Waals surface area contributed by atoms with Crippen molar-refractivity contribution in [1.82, 2.24) is 0 Å². The average molecular weight is 381 g/mol. The molecule has 2 amide bonds. The second-order valence-electron chi connectivity index (χ2n) is 7.92. The van der Waals surface area contributed by atoms with Gasteiger partial charge in [0.25, 0.3) is 5.69 Å². The number of non-ortho nitro benzene ring substituents is 1. The number of benzene rings is 1. The standard InChI is InChI=1S/C18H27N3O6/c1-17(2,3)26-10-15(22)19-12-7-13(9-14(8-12)21(24)25)20-16(23)11-27-18(4,5)6/h7-9H,10-11H2,1-6H3,(H,19,22)(H,20,23). The highest BCUT2D eigenvalue weighted by atomic mass is 16.6. The fourth-order valence-electron chi connectivity index (χ4n) is 1.82. The van der Waals surface area contributed by atoms with Crippen LogP contribution in [0, 0.1) is 10.1 Å². The van der Waals surface area contributed by atoms with Crippen LogP contribution in [0.1, 0.15) is 41.5 Å². The summed E-state index contributed by atoms with van der Waals surface area (Å²) >= 11 is 0. The number of nitro benzene ring substituents is 1. The minimum atomic E-state index is -0.609. The van der Waals surface area contributed by atoms with Gasteiger partial charge < -0.3 is 20.1 Å². The zero-order valence-corrected chi connectivity index (χ0v) is 16.5. The lowest BCUT2D eigenvalue weighted by Gasteiger charge is -2.19. The van der Waals surface area contributed by atoms with E-state index >= 15 is 0 Å². The third-order valence-corrected chi connectivity index (χ3v) is 2.97. The van der Waals surface area contributed by atoms with Gasteiger partial charge in [0.15, 0.2) is 0 Å². The molecule has 0 atom stereocenters. The molecular formula is C18H27N3O6. The van der Waals surface area contributed by atoms with Crippen molar-refractivity contribution in [2.75, 3.05) is 23.8 Å². The molecule has 9 nitrogen and oxygen atoms in total. The Bertz CT molecular complexity index is 654. The van der Waals surface area contributed by atoms with E-state index in [-0.39, 0.29) is 30.3 Å². The topological polar surface area (TPSA) is 120 Å². The van der Waals surface area contributed by atoms with Crippen LogP contribution in [0.25, 0.3) is 0 Å². The SMILES string of the molecule is CC(C)(C)OCC(=O)Nc1cc(NC(=O)COC(C)(C)C)cc([N+](=O)[O-])c1. The summed E-state index contributed by atoms with van der Waals surface area (Å²) in [6.07, 6.45) is 0. The van der Waals surface area contributed by atoms with Crippen molar-refractivity contribution in [2.24, 2.45) is 0 Å². The molecule has 1 aromatic rings. The maximum Gasteiger partial charge on any atom is 0.273 e. The van der Waals surface area contributed by atoms with Gasteiger partial charge in [-0.05, 0) is 47.6 Å². The van der Waals surface area contributed by atoms with Crippen molar-refractivity contribution >= 4 is 28.9 Å². The lowest BCUT2D eigenvalue weighted by atomic mass is 10.2. The van der Waals surface area contributed by atoms with E-state index in [4.69, 9.17) is 9.47 Å². The van der Waals surface area contributed by atoms with E-state index in [1.807, 2.05) is 0 Å². The third-order valence-electron chi connectivity index (χ3n) is 2.97. The summed E-state index contributed by atoms with van der Waals surface area (Å²) in [7, 11) is 0. The zero-order valence-electron chi connectivity index (χ0n) is 16.5. The predicted molar refractivity (Wildman–Crippen MR) is 102 cm³/mol. The van der Waals surface area contributed by atoms with Crippen LogP contribution in [-0.2, 0) is 19.1 Å². The molecule has 0 bridgehead atoms. The first-order valence-electron chi connectivity index (χ1n) is 8.42. The summed E-state index contributed by atoms with van der Waals surface area (Å²) in [5, 5.41) is 16.2. The van der Waals surface area contributed by atoms with Gasteiger partial charge >= 0.3 is 0 Å². The molecule has 0 spiro atoms. The number of nitrogens with zero attached hydrogens (tertiary/aromatic N) is 1. The Morgan fingerprint density at radius 3 is 1.56 bits per heavy atom. The van der Waals surface area contributed by atoms with Gasteiger partial charge in [-0.15, -0.1) is 0 Å². The van der Waals surface area contributed by atoms with Gasteiger partial charge in [-0.25, -0.2) is 0 Å². The highest BCUT2D eigenvalue weighted by molar-refractivity contribution is 5.95. The summed E-state index contributed by atoms with van der Waals surface area (Å²) < 4.78 is 10.7. The first-order chi connectivity index (χ1) is 12.2. The number of nitro groups is 1. The van der Waals surface area contributed by atoms with E-state index in [1.54, 1.807) is 41.5 Å². The van der Waals surface area contributed by atoms with Gasteiger partial charge in [0.05, 0.1) is 16.1 Å². The summed E-state index contributed by atoms with van der Waals surface area (Å²) in [4.78, 5) is 34.5. The summed E-state index contributed by atoms with van der Waals surface area (Å²) in [5.41, 5.74) is -0.896. The number of ether oxygens (including phenoxy) is 2. The zero-order chi connectivity index (χ0) is 20.8. The Labute approximate surface area is 158 Å². The average Bonchev–Trinajstić information content (AvgIpc) is 2.49. The normalized spacial score (nSPS) is 11.8. The number of carbonyl (C=O) groups is 2. The molecule has 2 N–H and O–H groups in total. The molecule has 0 heterocycles. The summed E-state index contributed by atoms with van der Waals surface area (Å²) in [6, 6.07) is 3.84. The number of rotatable bonds is 7. The first-order valence-corrected chi connectivity index (χ1v) is 8.42. The molecule has 0 radical (unpaired) electrons. The molecule has 0 aliphatic rings.